The van der Waals surface area contributed by atoms with Crippen molar-refractivity contribution < 1.29 is 9.90 Å². The Morgan fingerprint density at radius 2 is 2.27 bits per heavy atom. The standard InChI is InChI=1S/C9H6BrN3O2/c10-8-4-6(13-2-1-11-5-13)3-7(12-8)9(14)15/h1-5H,(H,14,15). The number of hydrogen-bond acceptors (Lipinski definition) is 3. The summed E-state index contributed by atoms with van der Waals surface area (Å²) >= 11 is 3.16. The molecule has 76 valence electrons. The molecule has 2 aromatic heterocycles. The molecule has 6 heteroatoms. The van der Waals surface area contributed by atoms with Gasteiger partial charge in [-0.15, -0.1) is 0 Å². The topological polar surface area (TPSA) is 68.0 Å². The Balaban J connectivity index is 2.54. The highest BCUT2D eigenvalue weighted by molar-refractivity contribution is 9.10. The van der Waals surface area contributed by atoms with Crippen LogP contribution in [-0.2, 0) is 0 Å². The van der Waals surface area contributed by atoms with E-state index >= 15 is 0 Å². The molecule has 5 nitrogen and oxygen atoms in total. The van der Waals surface area contributed by atoms with E-state index in [-0.39, 0.29) is 5.69 Å². The molecule has 0 bridgehead atoms. The van der Waals surface area contributed by atoms with Crippen molar-refractivity contribution >= 4 is 21.9 Å². The molecule has 0 radical (unpaired) electrons. The highest BCUT2D eigenvalue weighted by atomic mass is 79.9. The molecule has 2 heterocycles. The van der Waals surface area contributed by atoms with Crippen LogP contribution >= 0.6 is 15.9 Å². The summed E-state index contributed by atoms with van der Waals surface area (Å²) in [6.45, 7) is 0. The fourth-order valence-electron chi connectivity index (χ4n) is 1.15. The number of halogens is 1. The first-order valence-electron chi connectivity index (χ1n) is 4.06. The van der Waals surface area contributed by atoms with Crippen LogP contribution in [0.5, 0.6) is 0 Å². The van der Waals surface area contributed by atoms with Gasteiger partial charge < -0.3 is 9.67 Å². The summed E-state index contributed by atoms with van der Waals surface area (Å²) in [5.41, 5.74) is 0.694. The molecule has 0 aliphatic rings. The van der Waals surface area contributed by atoms with Gasteiger partial charge in [-0.25, -0.2) is 14.8 Å². The zero-order valence-electron chi connectivity index (χ0n) is 7.46. The Morgan fingerprint density at radius 3 is 2.87 bits per heavy atom. The zero-order chi connectivity index (χ0) is 10.8. The molecule has 2 rings (SSSR count). The van der Waals surface area contributed by atoms with E-state index in [2.05, 4.69) is 25.9 Å². The SMILES string of the molecule is O=C(O)c1cc(-n2ccnc2)cc(Br)n1. The van der Waals surface area contributed by atoms with Crippen LogP contribution in [0.25, 0.3) is 5.69 Å². The van der Waals surface area contributed by atoms with Crippen LogP contribution in [0.1, 0.15) is 10.5 Å². The van der Waals surface area contributed by atoms with E-state index < -0.39 is 5.97 Å². The molecule has 0 aliphatic carbocycles. The monoisotopic (exact) mass is 267 g/mol. The molecular weight excluding hydrogens is 262 g/mol. The number of aromatic carboxylic acids is 1. The lowest BCUT2D eigenvalue weighted by atomic mass is 10.3. The van der Waals surface area contributed by atoms with Gasteiger partial charge in [0.25, 0.3) is 0 Å². The smallest absolute Gasteiger partial charge is 0.354 e. The first kappa shape index (κ1) is 9.85. The van der Waals surface area contributed by atoms with Crippen LogP contribution in [0, 0.1) is 0 Å². The van der Waals surface area contributed by atoms with Gasteiger partial charge in [-0.2, -0.15) is 0 Å². The Morgan fingerprint density at radius 1 is 1.47 bits per heavy atom. The summed E-state index contributed by atoms with van der Waals surface area (Å²) in [5, 5.41) is 8.82. The van der Waals surface area contributed by atoms with Gasteiger partial charge in [0.15, 0.2) is 5.69 Å². The molecule has 0 spiro atoms. The first-order chi connectivity index (χ1) is 7.16. The second-order valence-corrected chi connectivity index (χ2v) is 3.62. The predicted molar refractivity (Wildman–Crippen MR) is 56.0 cm³/mol. The molecule has 0 atom stereocenters. The van der Waals surface area contributed by atoms with Crippen molar-refractivity contribution in [2.45, 2.75) is 0 Å². The average molecular weight is 268 g/mol. The van der Waals surface area contributed by atoms with E-state index in [0.29, 0.717) is 10.3 Å². The Kier molecular flexibility index (Phi) is 2.51. The third-order valence-corrected chi connectivity index (χ3v) is 2.21. The predicted octanol–water partition coefficient (Wildman–Crippen LogP) is 1.73. The highest BCUT2D eigenvalue weighted by Gasteiger charge is 2.08. The van der Waals surface area contributed by atoms with Crippen molar-refractivity contribution in [1.82, 2.24) is 14.5 Å². The fourth-order valence-corrected chi connectivity index (χ4v) is 1.58. The summed E-state index contributed by atoms with van der Waals surface area (Å²) in [6.07, 6.45) is 4.94. The number of imidazole rings is 1. The number of hydrogen-bond donors (Lipinski definition) is 1. The molecule has 0 amide bonds. The lowest BCUT2D eigenvalue weighted by molar-refractivity contribution is 0.0690. The van der Waals surface area contributed by atoms with Crippen molar-refractivity contribution in [3.8, 4) is 5.69 Å². The number of carboxylic acid groups (broad SMARTS) is 1. The fraction of sp³-hybridized carbons (Fsp3) is 0. The summed E-state index contributed by atoms with van der Waals surface area (Å²) in [5.74, 6) is -1.06. The Labute approximate surface area is 93.5 Å². The molecule has 0 aliphatic heterocycles. The van der Waals surface area contributed by atoms with Crippen LogP contribution in [0.3, 0.4) is 0 Å². The van der Waals surface area contributed by atoms with Crippen LogP contribution in [0.2, 0.25) is 0 Å². The van der Waals surface area contributed by atoms with Crippen LogP contribution < -0.4 is 0 Å². The van der Waals surface area contributed by atoms with Crippen molar-refractivity contribution in [2.24, 2.45) is 0 Å². The van der Waals surface area contributed by atoms with Gasteiger partial charge in [0.05, 0.1) is 12.0 Å². The van der Waals surface area contributed by atoms with Gasteiger partial charge in [-0.3, -0.25) is 0 Å². The molecule has 1 N–H and O–H groups in total. The molecule has 0 saturated carbocycles. The van der Waals surface area contributed by atoms with Gasteiger partial charge in [-0.1, -0.05) is 0 Å². The molecule has 15 heavy (non-hydrogen) atoms. The van der Waals surface area contributed by atoms with E-state index in [1.807, 2.05) is 0 Å². The third-order valence-electron chi connectivity index (χ3n) is 1.80. The van der Waals surface area contributed by atoms with E-state index in [0.717, 1.165) is 0 Å². The Bertz CT molecular complexity index is 496. The quantitative estimate of drug-likeness (QED) is 0.842. The maximum Gasteiger partial charge on any atom is 0.354 e. The van der Waals surface area contributed by atoms with E-state index in [9.17, 15) is 4.79 Å². The van der Waals surface area contributed by atoms with Crippen LogP contribution in [0.4, 0.5) is 0 Å². The van der Waals surface area contributed by atoms with Gasteiger partial charge >= 0.3 is 5.97 Å². The van der Waals surface area contributed by atoms with Crippen molar-refractivity contribution in [1.29, 1.82) is 0 Å². The minimum atomic E-state index is -1.06. The number of carboxylic acids is 1. The van der Waals surface area contributed by atoms with E-state index in [1.165, 1.54) is 6.07 Å². The number of rotatable bonds is 2. The van der Waals surface area contributed by atoms with Gasteiger partial charge in [0.2, 0.25) is 0 Å². The maximum atomic E-state index is 10.8. The largest absolute Gasteiger partial charge is 0.477 e. The lowest BCUT2D eigenvalue weighted by Gasteiger charge is -2.03. The lowest BCUT2D eigenvalue weighted by Crippen LogP contribution is -2.02. The summed E-state index contributed by atoms with van der Waals surface area (Å²) in [4.78, 5) is 18.5. The number of carbonyl (C=O) groups is 1. The van der Waals surface area contributed by atoms with Gasteiger partial charge in [-0.05, 0) is 28.1 Å². The number of nitrogens with zero attached hydrogens (tertiary/aromatic N) is 3. The zero-order valence-corrected chi connectivity index (χ0v) is 9.05. The van der Waals surface area contributed by atoms with Crippen molar-refractivity contribution in [2.75, 3.05) is 0 Å². The summed E-state index contributed by atoms with van der Waals surface area (Å²) in [7, 11) is 0. The van der Waals surface area contributed by atoms with Gasteiger partial charge in [0.1, 0.15) is 4.60 Å². The van der Waals surface area contributed by atoms with E-state index in [4.69, 9.17) is 5.11 Å². The highest BCUT2D eigenvalue weighted by Crippen LogP contribution is 2.15. The second-order valence-electron chi connectivity index (χ2n) is 2.81. The number of pyridine rings is 1. The maximum absolute atomic E-state index is 10.8. The summed E-state index contributed by atoms with van der Waals surface area (Å²) < 4.78 is 2.19. The van der Waals surface area contributed by atoms with Crippen LogP contribution in [-0.4, -0.2) is 25.6 Å². The average Bonchev–Trinajstić information content (AvgIpc) is 2.69. The molecule has 0 unspecified atom stereocenters. The van der Waals surface area contributed by atoms with E-state index in [1.54, 1.807) is 29.4 Å². The third kappa shape index (κ3) is 2.04. The van der Waals surface area contributed by atoms with Crippen molar-refractivity contribution in [3.05, 3.63) is 41.2 Å². The number of aromatic nitrogens is 3. The molecule has 0 saturated heterocycles. The van der Waals surface area contributed by atoms with Crippen LogP contribution in [0.15, 0.2) is 35.5 Å². The Hall–Kier alpha value is -1.69. The normalized spacial score (nSPS) is 10.2. The molecule has 0 aromatic carbocycles. The molecular formula is C9H6BrN3O2. The first-order valence-corrected chi connectivity index (χ1v) is 4.85. The second kappa shape index (κ2) is 3.82. The minimum absolute atomic E-state index is 0.00641. The van der Waals surface area contributed by atoms with Crippen molar-refractivity contribution in [3.63, 3.8) is 0 Å². The molecule has 2 aromatic rings. The summed E-state index contributed by atoms with van der Waals surface area (Å²) in [6, 6.07) is 3.20. The molecule has 0 fully saturated rings. The van der Waals surface area contributed by atoms with Gasteiger partial charge in [0, 0.05) is 12.4 Å². The minimum Gasteiger partial charge on any atom is -0.477 e.